The Hall–Kier alpha value is -1.32. The summed E-state index contributed by atoms with van der Waals surface area (Å²) in [6.07, 6.45) is 5.08. The third kappa shape index (κ3) is 1.56. The smallest absolute Gasteiger partial charge is 0.306 e. The molecule has 0 saturated carbocycles. The highest BCUT2D eigenvalue weighted by molar-refractivity contribution is 5.70. The molecule has 0 aliphatic heterocycles. The minimum absolute atomic E-state index is 0.235. The van der Waals surface area contributed by atoms with E-state index in [4.69, 9.17) is 5.11 Å². The summed E-state index contributed by atoms with van der Waals surface area (Å²) in [5.74, 6) is -0.927. The van der Waals surface area contributed by atoms with Crippen molar-refractivity contribution in [2.24, 2.45) is 5.92 Å². The second-order valence-corrected chi connectivity index (χ2v) is 3.51. The highest BCUT2D eigenvalue weighted by Gasteiger charge is 2.23. The fourth-order valence-electron chi connectivity index (χ4n) is 1.83. The van der Waals surface area contributed by atoms with Crippen LogP contribution in [0.2, 0.25) is 0 Å². The van der Waals surface area contributed by atoms with Crippen LogP contribution in [0, 0.1) is 5.92 Å². The lowest BCUT2D eigenvalue weighted by atomic mass is 10.0. The van der Waals surface area contributed by atoms with Crippen LogP contribution in [0.5, 0.6) is 0 Å². The van der Waals surface area contributed by atoms with Gasteiger partial charge < -0.3 is 5.11 Å². The Labute approximate surface area is 76.0 Å². The molecule has 2 N–H and O–H groups in total. The van der Waals surface area contributed by atoms with E-state index in [2.05, 4.69) is 10.2 Å². The van der Waals surface area contributed by atoms with Gasteiger partial charge in [-0.05, 0) is 24.8 Å². The van der Waals surface area contributed by atoms with Gasteiger partial charge in [0.1, 0.15) is 0 Å². The topological polar surface area (TPSA) is 66.0 Å². The summed E-state index contributed by atoms with van der Waals surface area (Å²) in [5, 5.41) is 15.7. The number of aromatic amines is 1. The molecule has 0 saturated heterocycles. The Bertz CT molecular complexity index is 319. The van der Waals surface area contributed by atoms with Crippen LogP contribution in [-0.4, -0.2) is 21.3 Å². The number of nitrogens with zero attached hydrogens (tertiary/aromatic N) is 1. The Kier molecular flexibility index (Phi) is 2.04. The van der Waals surface area contributed by atoms with Gasteiger partial charge in [-0.25, -0.2) is 0 Å². The lowest BCUT2D eigenvalue weighted by Crippen LogP contribution is -2.15. The van der Waals surface area contributed by atoms with E-state index in [0.29, 0.717) is 6.42 Å². The maximum absolute atomic E-state index is 10.8. The number of carboxylic acid groups (broad SMARTS) is 1. The lowest BCUT2D eigenvalue weighted by molar-refractivity contribution is -0.141. The first-order valence-electron chi connectivity index (χ1n) is 4.51. The van der Waals surface area contributed by atoms with Gasteiger partial charge in [-0.2, -0.15) is 5.10 Å². The summed E-state index contributed by atoms with van der Waals surface area (Å²) >= 11 is 0. The molecule has 4 nitrogen and oxygen atoms in total. The molecule has 1 aromatic rings. The lowest BCUT2D eigenvalue weighted by Gasteiger charge is -2.06. The van der Waals surface area contributed by atoms with Crippen molar-refractivity contribution in [1.82, 2.24) is 10.2 Å². The molecule has 0 radical (unpaired) electrons. The number of rotatable bonds is 1. The van der Waals surface area contributed by atoms with Gasteiger partial charge in [-0.1, -0.05) is 0 Å². The molecule has 1 aromatic heterocycles. The summed E-state index contributed by atoms with van der Waals surface area (Å²) in [6, 6.07) is 0. The zero-order valence-corrected chi connectivity index (χ0v) is 7.29. The third-order valence-electron chi connectivity index (χ3n) is 2.61. The number of carbonyl (C=O) groups is 1. The number of nitrogens with one attached hydrogen (secondary N) is 1. The van der Waals surface area contributed by atoms with Crippen molar-refractivity contribution in [3.05, 3.63) is 17.5 Å². The first kappa shape index (κ1) is 8.29. The Morgan fingerprint density at radius 1 is 1.69 bits per heavy atom. The predicted octanol–water partition coefficient (Wildman–Crippen LogP) is 0.989. The largest absolute Gasteiger partial charge is 0.481 e. The first-order valence-corrected chi connectivity index (χ1v) is 4.51. The molecule has 0 unspecified atom stereocenters. The van der Waals surface area contributed by atoms with E-state index in [1.165, 1.54) is 5.56 Å². The SMILES string of the molecule is O=C(O)[C@@H]1CCCc2cn[nH]c2C1. The summed E-state index contributed by atoms with van der Waals surface area (Å²) in [7, 11) is 0. The molecule has 0 spiro atoms. The van der Waals surface area contributed by atoms with Crippen LogP contribution in [-0.2, 0) is 17.6 Å². The predicted molar refractivity (Wildman–Crippen MR) is 46.4 cm³/mol. The van der Waals surface area contributed by atoms with Gasteiger partial charge >= 0.3 is 5.97 Å². The molecule has 1 heterocycles. The second kappa shape index (κ2) is 3.20. The van der Waals surface area contributed by atoms with Crippen molar-refractivity contribution in [1.29, 1.82) is 0 Å². The van der Waals surface area contributed by atoms with Crippen molar-refractivity contribution in [3.63, 3.8) is 0 Å². The van der Waals surface area contributed by atoms with Gasteiger partial charge in [0.25, 0.3) is 0 Å². The Morgan fingerprint density at radius 2 is 2.54 bits per heavy atom. The van der Waals surface area contributed by atoms with E-state index in [1.54, 1.807) is 6.20 Å². The molecule has 0 fully saturated rings. The zero-order chi connectivity index (χ0) is 9.26. The van der Waals surface area contributed by atoms with E-state index < -0.39 is 5.97 Å². The quantitative estimate of drug-likeness (QED) is 0.633. The van der Waals surface area contributed by atoms with Gasteiger partial charge in [0.2, 0.25) is 0 Å². The third-order valence-corrected chi connectivity index (χ3v) is 2.61. The van der Waals surface area contributed by atoms with Crippen molar-refractivity contribution in [2.45, 2.75) is 25.7 Å². The van der Waals surface area contributed by atoms with E-state index in [9.17, 15) is 4.79 Å². The van der Waals surface area contributed by atoms with Crippen molar-refractivity contribution in [3.8, 4) is 0 Å². The van der Waals surface area contributed by atoms with Crippen LogP contribution < -0.4 is 0 Å². The maximum Gasteiger partial charge on any atom is 0.306 e. The van der Waals surface area contributed by atoms with Gasteiger partial charge in [0.15, 0.2) is 0 Å². The average molecular weight is 180 g/mol. The number of carboxylic acids is 1. The molecule has 0 aromatic carbocycles. The Morgan fingerprint density at radius 3 is 3.31 bits per heavy atom. The monoisotopic (exact) mass is 180 g/mol. The number of hydrogen-bond acceptors (Lipinski definition) is 2. The van der Waals surface area contributed by atoms with Crippen molar-refractivity contribution in [2.75, 3.05) is 0 Å². The summed E-state index contributed by atoms with van der Waals surface area (Å²) in [6.45, 7) is 0. The molecule has 1 aliphatic rings. The summed E-state index contributed by atoms with van der Waals surface area (Å²) < 4.78 is 0. The fourth-order valence-corrected chi connectivity index (χ4v) is 1.83. The van der Waals surface area contributed by atoms with Gasteiger partial charge in [-0.3, -0.25) is 9.89 Å². The zero-order valence-electron chi connectivity index (χ0n) is 7.29. The molecular weight excluding hydrogens is 168 g/mol. The van der Waals surface area contributed by atoms with Crippen LogP contribution in [0.3, 0.4) is 0 Å². The minimum atomic E-state index is -0.692. The van der Waals surface area contributed by atoms with Crippen molar-refractivity contribution < 1.29 is 9.90 Å². The van der Waals surface area contributed by atoms with Crippen LogP contribution in [0.1, 0.15) is 24.1 Å². The van der Waals surface area contributed by atoms with Gasteiger partial charge in [-0.15, -0.1) is 0 Å². The van der Waals surface area contributed by atoms with E-state index in [1.807, 2.05) is 0 Å². The normalized spacial score (nSPS) is 22.0. The first-order chi connectivity index (χ1) is 6.27. The van der Waals surface area contributed by atoms with Crippen molar-refractivity contribution >= 4 is 5.97 Å². The number of aryl methyl sites for hydroxylation is 1. The highest BCUT2D eigenvalue weighted by Crippen LogP contribution is 2.22. The number of fused-ring (bicyclic) bond motifs is 1. The number of aromatic nitrogens is 2. The molecule has 1 atom stereocenters. The minimum Gasteiger partial charge on any atom is -0.481 e. The standard InChI is InChI=1S/C9H12N2O2/c12-9(13)6-2-1-3-7-5-10-11-8(7)4-6/h5-6H,1-4H2,(H,10,11)(H,12,13)/t6-/m1/s1. The fraction of sp³-hybridized carbons (Fsp3) is 0.556. The number of hydrogen-bond donors (Lipinski definition) is 2. The molecule has 13 heavy (non-hydrogen) atoms. The van der Waals surface area contributed by atoms with E-state index >= 15 is 0 Å². The molecule has 2 rings (SSSR count). The molecule has 4 heteroatoms. The maximum atomic E-state index is 10.8. The van der Waals surface area contributed by atoms with Gasteiger partial charge in [0.05, 0.1) is 12.1 Å². The van der Waals surface area contributed by atoms with Crippen LogP contribution in [0.15, 0.2) is 6.20 Å². The summed E-state index contributed by atoms with van der Waals surface area (Å²) in [5.41, 5.74) is 2.19. The molecule has 1 aliphatic carbocycles. The molecule has 0 amide bonds. The number of aliphatic carboxylic acids is 1. The Balaban J connectivity index is 2.21. The average Bonchev–Trinajstić information content (AvgIpc) is 2.42. The van der Waals surface area contributed by atoms with E-state index in [0.717, 1.165) is 25.0 Å². The van der Waals surface area contributed by atoms with Gasteiger partial charge in [0, 0.05) is 12.1 Å². The van der Waals surface area contributed by atoms with E-state index in [-0.39, 0.29) is 5.92 Å². The molecular formula is C9H12N2O2. The molecule has 0 bridgehead atoms. The van der Waals surface area contributed by atoms with Crippen LogP contribution >= 0.6 is 0 Å². The summed E-state index contributed by atoms with van der Waals surface area (Å²) in [4.78, 5) is 10.8. The van der Waals surface area contributed by atoms with Crippen LogP contribution in [0.25, 0.3) is 0 Å². The number of H-pyrrole nitrogens is 1. The molecule has 70 valence electrons. The highest BCUT2D eigenvalue weighted by atomic mass is 16.4. The van der Waals surface area contributed by atoms with Crippen LogP contribution in [0.4, 0.5) is 0 Å². The second-order valence-electron chi connectivity index (χ2n) is 3.51.